The maximum Gasteiger partial charge on any atom is 0.331 e. The first-order chi connectivity index (χ1) is 14.0. The Balaban J connectivity index is 2.20. The highest BCUT2D eigenvalue weighted by molar-refractivity contribution is 5.98. The fourth-order valence-corrected chi connectivity index (χ4v) is 2.42. The number of carbonyl (C=O) groups excluding carboxylic acids is 3. The molecule has 8 nitrogen and oxygen atoms in total. The van der Waals surface area contributed by atoms with Gasteiger partial charge in [0.1, 0.15) is 11.5 Å². The fraction of sp³-hybridized carbons (Fsp3) is 0.190. The molecule has 3 amide bonds. The van der Waals surface area contributed by atoms with E-state index in [1.54, 1.807) is 48.5 Å². The number of benzene rings is 2. The van der Waals surface area contributed by atoms with Crippen molar-refractivity contribution >= 4 is 24.0 Å². The number of hydrogen-bond donors (Lipinski definition) is 2. The van der Waals surface area contributed by atoms with Gasteiger partial charge >= 0.3 is 12.0 Å². The van der Waals surface area contributed by atoms with Crippen molar-refractivity contribution in [3.63, 3.8) is 0 Å². The first-order valence-electron chi connectivity index (χ1n) is 8.66. The summed E-state index contributed by atoms with van der Waals surface area (Å²) < 4.78 is 15.7. The van der Waals surface area contributed by atoms with Crippen molar-refractivity contribution in [3.8, 4) is 11.5 Å². The molecule has 2 aromatic carbocycles. The van der Waals surface area contributed by atoms with E-state index in [-0.39, 0.29) is 0 Å². The molecule has 8 heteroatoms. The molecule has 0 aliphatic rings. The third-order valence-electron chi connectivity index (χ3n) is 3.87. The van der Waals surface area contributed by atoms with E-state index in [0.29, 0.717) is 22.6 Å². The molecular formula is C21H22N2O6. The molecule has 29 heavy (non-hydrogen) atoms. The molecule has 2 rings (SSSR count). The molecule has 2 aromatic rings. The minimum Gasteiger partial charge on any atom is -0.497 e. The van der Waals surface area contributed by atoms with Gasteiger partial charge in [-0.1, -0.05) is 30.3 Å². The number of methoxy groups -OCH3 is 2. The summed E-state index contributed by atoms with van der Waals surface area (Å²) in [5.41, 5.74) is 1.02. The minimum atomic E-state index is -1.29. The van der Waals surface area contributed by atoms with Crippen molar-refractivity contribution in [3.05, 3.63) is 65.7 Å². The molecule has 0 aliphatic heterocycles. The quantitative estimate of drug-likeness (QED) is 0.549. The standard InChI is InChI=1S/C21H22N2O6/c1-22-21(26)23-20(25)19(14-7-5-4-6-8-14)29-18(24)12-9-15-13-16(27-2)10-11-17(15)28-3/h4-13,19H,1-3H3,(H2,22,23,25,26)/b12-9+/t19-/m1/s1. The lowest BCUT2D eigenvalue weighted by Crippen LogP contribution is -2.41. The maximum atomic E-state index is 12.4. The van der Waals surface area contributed by atoms with E-state index in [4.69, 9.17) is 14.2 Å². The van der Waals surface area contributed by atoms with Crippen molar-refractivity contribution < 1.29 is 28.6 Å². The van der Waals surface area contributed by atoms with Gasteiger partial charge in [0.25, 0.3) is 5.91 Å². The smallest absolute Gasteiger partial charge is 0.331 e. The summed E-state index contributed by atoms with van der Waals surface area (Å²) in [7, 11) is 4.40. The largest absolute Gasteiger partial charge is 0.497 e. The highest BCUT2D eigenvalue weighted by atomic mass is 16.5. The van der Waals surface area contributed by atoms with Gasteiger partial charge in [-0.15, -0.1) is 0 Å². The second kappa shape index (κ2) is 10.5. The van der Waals surface area contributed by atoms with Crippen LogP contribution in [-0.2, 0) is 14.3 Å². The molecule has 1 atom stereocenters. The number of hydrogen-bond acceptors (Lipinski definition) is 6. The monoisotopic (exact) mass is 398 g/mol. The van der Waals surface area contributed by atoms with Gasteiger partial charge in [-0.25, -0.2) is 9.59 Å². The zero-order valence-corrected chi connectivity index (χ0v) is 16.3. The van der Waals surface area contributed by atoms with Crippen LogP contribution < -0.4 is 20.1 Å². The molecule has 0 radical (unpaired) electrons. The third kappa shape index (κ3) is 6.10. The van der Waals surface area contributed by atoms with Crippen LogP contribution in [-0.4, -0.2) is 39.2 Å². The van der Waals surface area contributed by atoms with Crippen molar-refractivity contribution in [2.75, 3.05) is 21.3 Å². The number of imide groups is 1. The predicted molar refractivity (Wildman–Crippen MR) is 106 cm³/mol. The Kier molecular flexibility index (Phi) is 7.78. The topological polar surface area (TPSA) is 103 Å². The molecule has 0 aromatic heterocycles. The molecule has 0 spiro atoms. The van der Waals surface area contributed by atoms with Gasteiger partial charge in [-0.2, -0.15) is 0 Å². The number of rotatable bonds is 7. The van der Waals surface area contributed by atoms with Crippen LogP contribution in [0.4, 0.5) is 4.79 Å². The van der Waals surface area contributed by atoms with Crippen molar-refractivity contribution in [1.29, 1.82) is 0 Å². The van der Waals surface area contributed by atoms with E-state index in [0.717, 1.165) is 0 Å². The lowest BCUT2D eigenvalue weighted by Gasteiger charge is -2.16. The second-order valence-corrected chi connectivity index (χ2v) is 5.74. The van der Waals surface area contributed by atoms with Crippen LogP contribution in [0.5, 0.6) is 11.5 Å². The number of urea groups is 1. The predicted octanol–water partition coefficient (Wildman–Crippen LogP) is 2.46. The molecule has 0 heterocycles. The number of esters is 1. The van der Waals surface area contributed by atoms with Crippen molar-refractivity contribution in [2.24, 2.45) is 0 Å². The van der Waals surface area contributed by atoms with Crippen LogP contribution in [0.15, 0.2) is 54.6 Å². The zero-order chi connectivity index (χ0) is 21.2. The van der Waals surface area contributed by atoms with E-state index in [9.17, 15) is 14.4 Å². The van der Waals surface area contributed by atoms with E-state index >= 15 is 0 Å². The molecule has 0 unspecified atom stereocenters. The Hall–Kier alpha value is -3.81. The SMILES string of the molecule is CNC(=O)NC(=O)[C@H](OC(=O)/C=C/c1cc(OC)ccc1OC)c1ccccc1. The Morgan fingerprint density at radius 1 is 1.00 bits per heavy atom. The number of carbonyl (C=O) groups is 3. The summed E-state index contributed by atoms with van der Waals surface area (Å²) in [6.07, 6.45) is 1.36. The lowest BCUT2D eigenvalue weighted by atomic mass is 10.1. The van der Waals surface area contributed by atoms with E-state index in [1.807, 2.05) is 0 Å². The van der Waals surface area contributed by atoms with Crippen LogP contribution >= 0.6 is 0 Å². The average Bonchev–Trinajstić information content (AvgIpc) is 2.76. The van der Waals surface area contributed by atoms with Crippen LogP contribution in [0, 0.1) is 0 Å². The number of amides is 3. The zero-order valence-electron chi connectivity index (χ0n) is 16.3. The van der Waals surface area contributed by atoms with Gasteiger partial charge in [0.2, 0.25) is 6.10 Å². The lowest BCUT2D eigenvalue weighted by molar-refractivity contribution is -0.151. The van der Waals surface area contributed by atoms with Crippen molar-refractivity contribution in [1.82, 2.24) is 10.6 Å². The molecule has 0 fully saturated rings. The highest BCUT2D eigenvalue weighted by Gasteiger charge is 2.25. The molecule has 0 bridgehead atoms. The summed E-state index contributed by atoms with van der Waals surface area (Å²) in [5.74, 6) is -0.412. The van der Waals surface area contributed by atoms with Gasteiger partial charge in [-0.3, -0.25) is 10.1 Å². The van der Waals surface area contributed by atoms with Crippen LogP contribution in [0.25, 0.3) is 6.08 Å². The van der Waals surface area contributed by atoms with E-state index < -0.39 is 24.0 Å². The molecular weight excluding hydrogens is 376 g/mol. The van der Waals surface area contributed by atoms with Crippen LogP contribution in [0.2, 0.25) is 0 Å². The molecule has 0 saturated carbocycles. The van der Waals surface area contributed by atoms with E-state index in [2.05, 4.69) is 10.6 Å². The normalized spacial score (nSPS) is 11.4. The molecule has 0 aliphatic carbocycles. The summed E-state index contributed by atoms with van der Waals surface area (Å²) >= 11 is 0. The third-order valence-corrected chi connectivity index (χ3v) is 3.87. The van der Waals surface area contributed by atoms with Gasteiger partial charge in [-0.05, 0) is 24.3 Å². The Bertz CT molecular complexity index is 895. The van der Waals surface area contributed by atoms with Gasteiger partial charge in [0.05, 0.1) is 14.2 Å². The Morgan fingerprint density at radius 2 is 1.72 bits per heavy atom. The summed E-state index contributed by atoms with van der Waals surface area (Å²) in [5, 5.41) is 4.39. The summed E-state index contributed by atoms with van der Waals surface area (Å²) in [6.45, 7) is 0. The summed E-state index contributed by atoms with van der Waals surface area (Å²) in [4.78, 5) is 36.2. The first kappa shape index (κ1) is 21.5. The Morgan fingerprint density at radius 3 is 2.34 bits per heavy atom. The maximum absolute atomic E-state index is 12.4. The van der Waals surface area contributed by atoms with Crippen LogP contribution in [0.1, 0.15) is 17.2 Å². The van der Waals surface area contributed by atoms with Gasteiger partial charge in [0.15, 0.2) is 0 Å². The van der Waals surface area contributed by atoms with Crippen LogP contribution in [0.3, 0.4) is 0 Å². The van der Waals surface area contributed by atoms with E-state index in [1.165, 1.54) is 33.4 Å². The number of nitrogens with one attached hydrogen (secondary N) is 2. The second-order valence-electron chi connectivity index (χ2n) is 5.74. The van der Waals surface area contributed by atoms with Gasteiger partial charge in [0, 0.05) is 24.3 Å². The highest BCUT2D eigenvalue weighted by Crippen LogP contribution is 2.25. The minimum absolute atomic E-state index is 0.426. The van der Waals surface area contributed by atoms with Crippen molar-refractivity contribution in [2.45, 2.75) is 6.10 Å². The molecule has 152 valence electrons. The first-order valence-corrected chi connectivity index (χ1v) is 8.66. The van der Waals surface area contributed by atoms with Gasteiger partial charge < -0.3 is 19.5 Å². The molecule has 2 N–H and O–H groups in total. The Labute approximate surface area is 168 Å². The fourth-order valence-electron chi connectivity index (χ4n) is 2.42. The number of ether oxygens (including phenoxy) is 3. The summed E-state index contributed by atoms with van der Waals surface area (Å²) in [6, 6.07) is 12.8. The molecule has 0 saturated heterocycles. The average molecular weight is 398 g/mol.